The number of alkyl carbamates (subject to hydrolysis) is 1. The molecule has 2 fully saturated rings. The zero-order valence-electron chi connectivity index (χ0n) is 16.0. The summed E-state index contributed by atoms with van der Waals surface area (Å²) in [6.45, 7) is 1.28. The molecule has 3 N–H and O–H groups in total. The Labute approximate surface area is 164 Å². The van der Waals surface area contributed by atoms with Gasteiger partial charge in [0.05, 0.1) is 11.8 Å². The average molecular weight is 389 g/mol. The van der Waals surface area contributed by atoms with Gasteiger partial charge in [-0.3, -0.25) is 14.8 Å². The van der Waals surface area contributed by atoms with Crippen LogP contribution in [0.3, 0.4) is 0 Å². The molecule has 28 heavy (non-hydrogen) atoms. The molecule has 0 radical (unpaired) electrons. The number of rotatable bonds is 4. The first-order valence-corrected chi connectivity index (χ1v) is 9.69. The Morgan fingerprint density at radius 3 is 2.54 bits per heavy atom. The molecule has 3 amide bonds. The minimum absolute atomic E-state index is 0.0644. The predicted octanol–water partition coefficient (Wildman–Crippen LogP) is 1.65. The number of carbonyl (C=O) groups is 3. The maximum absolute atomic E-state index is 13.1. The van der Waals surface area contributed by atoms with Crippen molar-refractivity contribution in [3.05, 3.63) is 35.9 Å². The van der Waals surface area contributed by atoms with Crippen LogP contribution in [0.5, 0.6) is 0 Å². The van der Waals surface area contributed by atoms with Crippen molar-refractivity contribution in [2.24, 2.45) is 11.8 Å². The summed E-state index contributed by atoms with van der Waals surface area (Å²) in [5.74, 6) is -1.63. The summed E-state index contributed by atoms with van der Waals surface area (Å²) in [6.07, 6.45) is 1.03. The first kappa shape index (κ1) is 20.1. The maximum Gasteiger partial charge on any atom is 0.407 e. The highest BCUT2D eigenvalue weighted by molar-refractivity contribution is 5.87. The third-order valence-corrected chi connectivity index (χ3v) is 5.82. The van der Waals surface area contributed by atoms with Crippen LogP contribution in [-0.4, -0.2) is 54.3 Å². The fourth-order valence-corrected chi connectivity index (χ4v) is 4.31. The van der Waals surface area contributed by atoms with Crippen molar-refractivity contribution in [3.63, 3.8) is 0 Å². The lowest BCUT2D eigenvalue weighted by atomic mass is 9.76. The predicted molar refractivity (Wildman–Crippen MR) is 100 cm³/mol. The van der Waals surface area contributed by atoms with Crippen molar-refractivity contribution in [2.75, 3.05) is 20.1 Å². The topological polar surface area (TPSA) is 108 Å². The van der Waals surface area contributed by atoms with E-state index in [4.69, 9.17) is 9.94 Å². The molecule has 1 aromatic rings. The van der Waals surface area contributed by atoms with Gasteiger partial charge in [0.25, 0.3) is 0 Å². The summed E-state index contributed by atoms with van der Waals surface area (Å²) in [6, 6.07) is 10.1. The fourth-order valence-electron chi connectivity index (χ4n) is 4.31. The van der Waals surface area contributed by atoms with E-state index in [9.17, 15) is 14.4 Å². The van der Waals surface area contributed by atoms with E-state index in [1.54, 1.807) is 5.48 Å². The minimum atomic E-state index is -0.725. The van der Waals surface area contributed by atoms with Crippen LogP contribution in [0.25, 0.3) is 0 Å². The summed E-state index contributed by atoms with van der Waals surface area (Å²) < 4.78 is 5.26. The normalized spacial score (nSPS) is 27.1. The molecule has 1 aliphatic heterocycles. The lowest BCUT2D eigenvalue weighted by Gasteiger charge is -2.35. The molecule has 152 valence electrons. The highest BCUT2D eigenvalue weighted by Crippen LogP contribution is 2.36. The number of likely N-dealkylation sites (tertiary alicyclic amines) is 1. The third-order valence-electron chi connectivity index (χ3n) is 5.82. The van der Waals surface area contributed by atoms with Crippen LogP contribution >= 0.6 is 0 Å². The molecule has 0 bridgehead atoms. The minimum Gasteiger partial charge on any atom is -0.446 e. The summed E-state index contributed by atoms with van der Waals surface area (Å²) in [4.78, 5) is 38.6. The number of hydrogen-bond acceptors (Lipinski definition) is 5. The molecule has 1 heterocycles. The average Bonchev–Trinajstić information content (AvgIpc) is 3.23. The van der Waals surface area contributed by atoms with E-state index in [-0.39, 0.29) is 12.3 Å². The van der Waals surface area contributed by atoms with Crippen LogP contribution in [0.1, 0.15) is 37.2 Å². The van der Waals surface area contributed by atoms with Gasteiger partial charge < -0.3 is 15.0 Å². The Bertz CT molecular complexity index is 711. The molecule has 1 saturated heterocycles. The SMILES string of the molecule is CNC(=O)O[C@@H]1CC[C@H](C(=O)N2CC[C@H](c3ccccc3)C2)[C@@H](C(=O)NO)C1. The van der Waals surface area contributed by atoms with Crippen molar-refractivity contribution in [1.29, 1.82) is 0 Å². The van der Waals surface area contributed by atoms with Crippen LogP contribution in [0, 0.1) is 11.8 Å². The van der Waals surface area contributed by atoms with Crippen molar-refractivity contribution >= 4 is 17.9 Å². The Morgan fingerprint density at radius 1 is 1.11 bits per heavy atom. The Balaban J connectivity index is 1.66. The molecule has 3 rings (SSSR count). The second-order valence-electron chi connectivity index (χ2n) is 7.46. The van der Waals surface area contributed by atoms with Crippen LogP contribution in [0.2, 0.25) is 0 Å². The van der Waals surface area contributed by atoms with E-state index < -0.39 is 29.9 Å². The molecule has 1 aromatic carbocycles. The second kappa shape index (κ2) is 9.05. The second-order valence-corrected chi connectivity index (χ2v) is 7.46. The van der Waals surface area contributed by atoms with E-state index >= 15 is 0 Å². The van der Waals surface area contributed by atoms with E-state index in [0.29, 0.717) is 31.8 Å². The van der Waals surface area contributed by atoms with Crippen molar-refractivity contribution in [2.45, 2.75) is 37.7 Å². The number of amides is 3. The molecule has 1 aliphatic carbocycles. The lowest BCUT2D eigenvalue weighted by Crippen LogP contribution is -2.47. The lowest BCUT2D eigenvalue weighted by molar-refractivity contribution is -0.148. The Kier molecular flexibility index (Phi) is 6.51. The van der Waals surface area contributed by atoms with Gasteiger partial charge in [-0.25, -0.2) is 10.3 Å². The number of nitrogens with zero attached hydrogens (tertiary/aromatic N) is 1. The number of carbonyl (C=O) groups excluding carboxylic acids is 3. The van der Waals surface area contributed by atoms with Crippen LogP contribution in [-0.2, 0) is 14.3 Å². The van der Waals surface area contributed by atoms with E-state index in [1.807, 2.05) is 23.1 Å². The van der Waals surface area contributed by atoms with Crippen LogP contribution in [0.15, 0.2) is 30.3 Å². The van der Waals surface area contributed by atoms with E-state index in [0.717, 1.165) is 6.42 Å². The molecule has 4 atom stereocenters. The molecule has 0 aromatic heterocycles. The van der Waals surface area contributed by atoms with E-state index in [2.05, 4.69) is 17.4 Å². The quantitative estimate of drug-likeness (QED) is 0.536. The van der Waals surface area contributed by atoms with Gasteiger partial charge in [0, 0.05) is 26.1 Å². The highest BCUT2D eigenvalue weighted by Gasteiger charge is 2.43. The Hall–Kier alpha value is -2.61. The molecular formula is C20H27N3O5. The van der Waals surface area contributed by atoms with Crippen molar-refractivity contribution < 1.29 is 24.3 Å². The number of hydroxylamine groups is 1. The fraction of sp³-hybridized carbons (Fsp3) is 0.550. The van der Waals surface area contributed by atoms with Gasteiger partial charge in [-0.05, 0) is 31.2 Å². The Morgan fingerprint density at radius 2 is 1.86 bits per heavy atom. The van der Waals surface area contributed by atoms with Gasteiger partial charge in [-0.1, -0.05) is 30.3 Å². The number of benzene rings is 1. The number of hydrogen-bond donors (Lipinski definition) is 3. The zero-order chi connectivity index (χ0) is 20.1. The van der Waals surface area contributed by atoms with E-state index in [1.165, 1.54) is 12.6 Å². The summed E-state index contributed by atoms with van der Waals surface area (Å²) in [5, 5.41) is 11.5. The van der Waals surface area contributed by atoms with Gasteiger partial charge in [-0.2, -0.15) is 0 Å². The molecule has 8 nitrogen and oxygen atoms in total. The van der Waals surface area contributed by atoms with Crippen LogP contribution < -0.4 is 10.8 Å². The monoisotopic (exact) mass is 389 g/mol. The standard InChI is InChI=1S/C20H27N3O5/c1-21-20(26)28-15-7-8-16(17(11-15)18(24)22-27)19(25)23-10-9-14(12-23)13-5-3-2-4-6-13/h2-6,14-17,27H,7-12H2,1H3,(H,21,26)(H,22,24)/t14-,15+,16-,17-/m0/s1. The smallest absolute Gasteiger partial charge is 0.407 e. The first-order chi connectivity index (χ1) is 13.5. The van der Waals surface area contributed by atoms with Crippen molar-refractivity contribution in [3.8, 4) is 0 Å². The van der Waals surface area contributed by atoms with Crippen LogP contribution in [0.4, 0.5) is 4.79 Å². The van der Waals surface area contributed by atoms with Gasteiger partial charge in [0.1, 0.15) is 6.10 Å². The number of ether oxygens (including phenoxy) is 1. The summed E-state index contributed by atoms with van der Waals surface area (Å²) >= 11 is 0. The van der Waals surface area contributed by atoms with Gasteiger partial charge in [-0.15, -0.1) is 0 Å². The molecule has 0 spiro atoms. The first-order valence-electron chi connectivity index (χ1n) is 9.69. The molecule has 0 unspecified atom stereocenters. The van der Waals surface area contributed by atoms with Gasteiger partial charge in [0.15, 0.2) is 0 Å². The zero-order valence-corrected chi connectivity index (χ0v) is 16.0. The van der Waals surface area contributed by atoms with Crippen molar-refractivity contribution in [1.82, 2.24) is 15.7 Å². The summed E-state index contributed by atoms with van der Waals surface area (Å²) in [7, 11) is 1.46. The van der Waals surface area contributed by atoms with Gasteiger partial charge in [0.2, 0.25) is 11.8 Å². The molecule has 1 saturated carbocycles. The number of nitrogens with one attached hydrogen (secondary N) is 2. The van der Waals surface area contributed by atoms with Gasteiger partial charge >= 0.3 is 6.09 Å². The highest BCUT2D eigenvalue weighted by atomic mass is 16.6. The third kappa shape index (κ3) is 4.44. The largest absolute Gasteiger partial charge is 0.446 e. The molecular weight excluding hydrogens is 362 g/mol. The molecule has 2 aliphatic rings. The summed E-state index contributed by atoms with van der Waals surface area (Å²) in [5.41, 5.74) is 2.88. The maximum atomic E-state index is 13.1. The molecule has 8 heteroatoms.